The van der Waals surface area contributed by atoms with Gasteiger partial charge in [-0.3, -0.25) is 15.6 Å². The summed E-state index contributed by atoms with van der Waals surface area (Å²) in [4.78, 5) is 12.2. The van der Waals surface area contributed by atoms with Crippen molar-refractivity contribution in [2.24, 2.45) is 0 Å². The standard InChI is InChI=1S/C21H22N4OS/c26-20(18-10-12-19(13-11-18)25-15-4-5-16-25)23-24-21(27)22-14-6-9-17-7-2-1-3-8-17/h1-5,7-8,10-13,15-16H,6,9,14H2,(H,23,26)(H2,22,24,27). The van der Waals surface area contributed by atoms with Crippen molar-refractivity contribution in [3.8, 4) is 5.69 Å². The van der Waals surface area contributed by atoms with Crippen LogP contribution in [0, 0.1) is 0 Å². The molecular formula is C21H22N4OS. The second-order valence-electron chi connectivity index (χ2n) is 6.06. The zero-order valence-electron chi connectivity index (χ0n) is 14.9. The van der Waals surface area contributed by atoms with Gasteiger partial charge in [0.05, 0.1) is 0 Å². The van der Waals surface area contributed by atoms with E-state index in [0.717, 1.165) is 25.1 Å². The predicted octanol–water partition coefficient (Wildman–Crippen LogP) is 3.22. The molecule has 0 saturated carbocycles. The Labute approximate surface area is 164 Å². The molecule has 1 heterocycles. The highest BCUT2D eigenvalue weighted by Gasteiger charge is 2.06. The highest BCUT2D eigenvalue weighted by molar-refractivity contribution is 7.80. The number of benzene rings is 2. The van der Waals surface area contributed by atoms with Crippen LogP contribution in [0.15, 0.2) is 79.1 Å². The number of carbonyl (C=O) groups excluding carboxylic acids is 1. The molecular weight excluding hydrogens is 356 g/mol. The average molecular weight is 379 g/mol. The van der Waals surface area contributed by atoms with Crippen LogP contribution in [-0.4, -0.2) is 22.1 Å². The van der Waals surface area contributed by atoms with Gasteiger partial charge in [0.15, 0.2) is 5.11 Å². The van der Waals surface area contributed by atoms with Crippen LogP contribution < -0.4 is 16.2 Å². The first-order chi connectivity index (χ1) is 13.2. The minimum absolute atomic E-state index is 0.234. The van der Waals surface area contributed by atoms with Crippen molar-refractivity contribution in [2.45, 2.75) is 12.8 Å². The first kappa shape index (κ1) is 18.7. The van der Waals surface area contributed by atoms with E-state index in [1.54, 1.807) is 12.1 Å². The van der Waals surface area contributed by atoms with Crippen molar-refractivity contribution in [3.05, 3.63) is 90.3 Å². The van der Waals surface area contributed by atoms with Crippen LogP contribution in [0.4, 0.5) is 0 Å². The summed E-state index contributed by atoms with van der Waals surface area (Å²) in [6.45, 7) is 0.738. The van der Waals surface area contributed by atoms with Gasteiger partial charge in [-0.2, -0.15) is 0 Å². The van der Waals surface area contributed by atoms with E-state index in [4.69, 9.17) is 12.2 Å². The Bertz CT molecular complexity index is 861. The van der Waals surface area contributed by atoms with Crippen molar-refractivity contribution in [2.75, 3.05) is 6.54 Å². The number of hydrazine groups is 1. The number of aryl methyl sites for hydroxylation is 1. The Kier molecular flexibility index (Phi) is 6.60. The molecule has 6 heteroatoms. The highest BCUT2D eigenvalue weighted by Crippen LogP contribution is 2.09. The molecule has 0 aliphatic rings. The Morgan fingerprint density at radius 2 is 1.59 bits per heavy atom. The van der Waals surface area contributed by atoms with Gasteiger partial charge in [-0.25, -0.2) is 0 Å². The Hall–Kier alpha value is -3.12. The lowest BCUT2D eigenvalue weighted by atomic mass is 10.1. The van der Waals surface area contributed by atoms with E-state index in [-0.39, 0.29) is 5.91 Å². The third-order valence-corrected chi connectivity index (χ3v) is 4.34. The maximum atomic E-state index is 12.2. The van der Waals surface area contributed by atoms with Crippen LogP contribution in [0.3, 0.4) is 0 Å². The Morgan fingerprint density at radius 1 is 0.889 bits per heavy atom. The Morgan fingerprint density at radius 3 is 2.30 bits per heavy atom. The summed E-state index contributed by atoms with van der Waals surface area (Å²) in [6, 6.07) is 21.6. The molecule has 1 amide bonds. The summed E-state index contributed by atoms with van der Waals surface area (Å²) in [5.41, 5.74) is 8.21. The minimum Gasteiger partial charge on any atom is -0.361 e. The van der Waals surface area contributed by atoms with Gasteiger partial charge in [-0.15, -0.1) is 0 Å². The number of hydrogen-bond donors (Lipinski definition) is 3. The first-order valence-corrected chi connectivity index (χ1v) is 9.25. The van der Waals surface area contributed by atoms with Gasteiger partial charge in [0.1, 0.15) is 0 Å². The lowest BCUT2D eigenvalue weighted by molar-refractivity contribution is 0.0943. The summed E-state index contributed by atoms with van der Waals surface area (Å²) < 4.78 is 1.98. The predicted molar refractivity (Wildman–Crippen MR) is 112 cm³/mol. The lowest BCUT2D eigenvalue weighted by Crippen LogP contribution is -2.47. The summed E-state index contributed by atoms with van der Waals surface area (Å²) >= 11 is 5.19. The lowest BCUT2D eigenvalue weighted by Gasteiger charge is -2.12. The molecule has 138 valence electrons. The second kappa shape index (κ2) is 9.54. The van der Waals surface area contributed by atoms with Crippen LogP contribution >= 0.6 is 12.2 Å². The molecule has 0 bridgehead atoms. The molecule has 3 aromatic rings. The van der Waals surface area contributed by atoms with E-state index in [1.165, 1.54) is 5.56 Å². The minimum atomic E-state index is -0.234. The van der Waals surface area contributed by atoms with Gasteiger partial charge in [-0.1, -0.05) is 30.3 Å². The van der Waals surface area contributed by atoms with Crippen molar-refractivity contribution in [1.29, 1.82) is 0 Å². The van der Waals surface area contributed by atoms with Gasteiger partial charge in [-0.05, 0) is 67.0 Å². The fourth-order valence-electron chi connectivity index (χ4n) is 2.66. The first-order valence-electron chi connectivity index (χ1n) is 8.84. The molecule has 27 heavy (non-hydrogen) atoms. The number of rotatable bonds is 6. The zero-order chi connectivity index (χ0) is 18.9. The second-order valence-corrected chi connectivity index (χ2v) is 6.47. The Balaban J connectivity index is 1.37. The SMILES string of the molecule is O=C(NNC(=S)NCCCc1ccccc1)c1ccc(-n2cccc2)cc1. The molecule has 0 aliphatic carbocycles. The van der Waals surface area contributed by atoms with Gasteiger partial charge < -0.3 is 9.88 Å². The molecule has 0 atom stereocenters. The van der Waals surface area contributed by atoms with Crippen LogP contribution in [0.1, 0.15) is 22.3 Å². The number of aromatic nitrogens is 1. The highest BCUT2D eigenvalue weighted by atomic mass is 32.1. The van der Waals surface area contributed by atoms with Crippen molar-refractivity contribution >= 4 is 23.2 Å². The number of nitrogens with one attached hydrogen (secondary N) is 3. The summed E-state index contributed by atoms with van der Waals surface area (Å²) in [5.74, 6) is -0.234. The molecule has 0 saturated heterocycles. The molecule has 5 nitrogen and oxygen atoms in total. The average Bonchev–Trinajstić information content (AvgIpc) is 3.25. The molecule has 3 rings (SSSR count). The summed E-state index contributed by atoms with van der Waals surface area (Å²) in [5, 5.41) is 3.49. The molecule has 1 aromatic heterocycles. The van der Waals surface area contributed by atoms with Crippen LogP contribution in [0.5, 0.6) is 0 Å². The number of carbonyl (C=O) groups is 1. The smallest absolute Gasteiger partial charge is 0.269 e. The zero-order valence-corrected chi connectivity index (χ0v) is 15.7. The van der Waals surface area contributed by atoms with E-state index in [2.05, 4.69) is 28.3 Å². The topological polar surface area (TPSA) is 58.1 Å². The van der Waals surface area contributed by atoms with E-state index < -0.39 is 0 Å². The van der Waals surface area contributed by atoms with Crippen LogP contribution in [0.25, 0.3) is 5.69 Å². The van der Waals surface area contributed by atoms with Gasteiger partial charge in [0, 0.05) is 30.2 Å². The van der Waals surface area contributed by atoms with Crippen molar-refractivity contribution < 1.29 is 4.79 Å². The van der Waals surface area contributed by atoms with Crippen LogP contribution in [0.2, 0.25) is 0 Å². The fraction of sp³-hybridized carbons (Fsp3) is 0.143. The molecule has 0 radical (unpaired) electrons. The van der Waals surface area contributed by atoms with Gasteiger partial charge >= 0.3 is 0 Å². The van der Waals surface area contributed by atoms with Crippen LogP contribution in [-0.2, 0) is 6.42 Å². The number of thiocarbonyl (C=S) groups is 1. The van der Waals surface area contributed by atoms with Crippen molar-refractivity contribution in [1.82, 2.24) is 20.7 Å². The van der Waals surface area contributed by atoms with E-state index in [1.807, 2.05) is 59.4 Å². The maximum Gasteiger partial charge on any atom is 0.269 e. The van der Waals surface area contributed by atoms with Gasteiger partial charge in [0.2, 0.25) is 0 Å². The summed E-state index contributed by atoms with van der Waals surface area (Å²) in [7, 11) is 0. The quantitative estimate of drug-likeness (QED) is 0.350. The molecule has 3 N–H and O–H groups in total. The molecule has 0 unspecified atom stereocenters. The maximum absolute atomic E-state index is 12.2. The van der Waals surface area contributed by atoms with E-state index in [0.29, 0.717) is 10.7 Å². The molecule has 0 fully saturated rings. The van der Waals surface area contributed by atoms with Gasteiger partial charge in [0.25, 0.3) is 5.91 Å². The van der Waals surface area contributed by atoms with E-state index in [9.17, 15) is 4.79 Å². The number of amides is 1. The fourth-order valence-corrected chi connectivity index (χ4v) is 2.81. The molecule has 2 aromatic carbocycles. The third kappa shape index (κ3) is 5.69. The number of nitrogens with zero attached hydrogens (tertiary/aromatic N) is 1. The monoisotopic (exact) mass is 378 g/mol. The third-order valence-electron chi connectivity index (χ3n) is 4.09. The normalized spacial score (nSPS) is 10.2. The largest absolute Gasteiger partial charge is 0.361 e. The number of hydrogen-bond acceptors (Lipinski definition) is 2. The van der Waals surface area contributed by atoms with E-state index >= 15 is 0 Å². The van der Waals surface area contributed by atoms with Crippen molar-refractivity contribution in [3.63, 3.8) is 0 Å². The summed E-state index contributed by atoms with van der Waals surface area (Å²) in [6.07, 6.45) is 5.86. The molecule has 0 spiro atoms. The molecule has 0 aliphatic heterocycles.